The quantitative estimate of drug-likeness (QED) is 0.621. The third kappa shape index (κ3) is 4.63. The molecule has 0 aliphatic heterocycles. The molecule has 0 saturated heterocycles. The fraction of sp³-hybridized carbons (Fsp3) is 0.556. The molecule has 1 atom stereocenters. The SMILES string of the molecule is CNc1nc(OC)nc(SCCC(Cl)C#N)n1. The first-order valence-electron chi connectivity index (χ1n) is 4.84. The van der Waals surface area contributed by atoms with Crippen molar-refractivity contribution in [2.24, 2.45) is 0 Å². The van der Waals surface area contributed by atoms with Gasteiger partial charge in [0.15, 0.2) is 5.16 Å². The molecule has 1 aromatic heterocycles. The van der Waals surface area contributed by atoms with Crippen LogP contribution in [0.4, 0.5) is 5.95 Å². The van der Waals surface area contributed by atoms with Gasteiger partial charge in [-0.15, -0.1) is 11.6 Å². The molecule has 0 saturated carbocycles. The second-order valence-electron chi connectivity index (χ2n) is 2.91. The Bertz CT molecular complexity index is 389. The fourth-order valence-corrected chi connectivity index (χ4v) is 1.99. The number of hydrogen-bond donors (Lipinski definition) is 1. The molecule has 92 valence electrons. The molecule has 6 nitrogen and oxygen atoms in total. The summed E-state index contributed by atoms with van der Waals surface area (Å²) in [4.78, 5) is 12.2. The van der Waals surface area contributed by atoms with Crippen LogP contribution in [-0.2, 0) is 0 Å². The molecule has 1 unspecified atom stereocenters. The minimum Gasteiger partial charge on any atom is -0.467 e. The van der Waals surface area contributed by atoms with E-state index in [-0.39, 0.29) is 6.01 Å². The second kappa shape index (κ2) is 7.14. The Morgan fingerprint density at radius 1 is 1.53 bits per heavy atom. The van der Waals surface area contributed by atoms with Gasteiger partial charge in [-0.05, 0) is 6.42 Å². The Morgan fingerprint density at radius 3 is 2.88 bits per heavy atom. The number of nitrogens with zero attached hydrogens (tertiary/aromatic N) is 4. The van der Waals surface area contributed by atoms with E-state index in [4.69, 9.17) is 21.6 Å². The smallest absolute Gasteiger partial charge is 0.321 e. The fourth-order valence-electron chi connectivity index (χ4n) is 0.924. The predicted molar refractivity (Wildman–Crippen MR) is 66.5 cm³/mol. The maximum atomic E-state index is 8.53. The lowest BCUT2D eigenvalue weighted by Gasteiger charge is -2.05. The summed E-state index contributed by atoms with van der Waals surface area (Å²) in [5.74, 6) is 1.11. The molecular formula is C9H12ClN5OS. The van der Waals surface area contributed by atoms with Crippen molar-refractivity contribution in [2.75, 3.05) is 25.2 Å². The van der Waals surface area contributed by atoms with Crippen LogP contribution in [0.3, 0.4) is 0 Å². The largest absolute Gasteiger partial charge is 0.467 e. The third-order valence-electron chi connectivity index (χ3n) is 1.74. The minimum atomic E-state index is -0.477. The van der Waals surface area contributed by atoms with Gasteiger partial charge in [-0.3, -0.25) is 0 Å². The normalized spacial score (nSPS) is 11.6. The van der Waals surface area contributed by atoms with Crippen molar-refractivity contribution in [2.45, 2.75) is 17.0 Å². The van der Waals surface area contributed by atoms with Crippen LogP contribution in [0.25, 0.3) is 0 Å². The Morgan fingerprint density at radius 2 is 2.29 bits per heavy atom. The first-order valence-corrected chi connectivity index (χ1v) is 6.26. The van der Waals surface area contributed by atoms with Gasteiger partial charge in [0, 0.05) is 12.8 Å². The van der Waals surface area contributed by atoms with Crippen LogP contribution in [0.2, 0.25) is 0 Å². The van der Waals surface area contributed by atoms with E-state index in [0.717, 1.165) is 0 Å². The van der Waals surface area contributed by atoms with E-state index in [1.54, 1.807) is 7.05 Å². The van der Waals surface area contributed by atoms with Crippen LogP contribution in [0.5, 0.6) is 6.01 Å². The number of alkyl halides is 1. The third-order valence-corrected chi connectivity index (χ3v) is 2.94. The van der Waals surface area contributed by atoms with Gasteiger partial charge in [-0.1, -0.05) is 11.8 Å². The molecule has 0 bridgehead atoms. The zero-order valence-corrected chi connectivity index (χ0v) is 11.0. The van der Waals surface area contributed by atoms with E-state index in [1.165, 1.54) is 18.9 Å². The Kier molecular flexibility index (Phi) is 5.80. The number of nitrogens with one attached hydrogen (secondary N) is 1. The summed E-state index contributed by atoms with van der Waals surface area (Å²) in [5.41, 5.74) is 0. The molecule has 0 spiro atoms. The van der Waals surface area contributed by atoms with Crippen LogP contribution >= 0.6 is 23.4 Å². The van der Waals surface area contributed by atoms with Gasteiger partial charge in [0.2, 0.25) is 5.95 Å². The number of hydrogen-bond acceptors (Lipinski definition) is 7. The van der Waals surface area contributed by atoms with Crippen LogP contribution < -0.4 is 10.1 Å². The summed E-state index contributed by atoms with van der Waals surface area (Å²) in [5, 5.41) is 11.4. The first kappa shape index (κ1) is 13.8. The molecule has 0 aliphatic rings. The van der Waals surface area contributed by atoms with Gasteiger partial charge in [0.1, 0.15) is 5.38 Å². The van der Waals surface area contributed by atoms with Crippen LogP contribution in [-0.4, -0.2) is 40.2 Å². The molecule has 0 amide bonds. The van der Waals surface area contributed by atoms with E-state index in [2.05, 4.69) is 20.3 Å². The molecule has 0 fully saturated rings. The van der Waals surface area contributed by atoms with Crippen LogP contribution in [0, 0.1) is 11.3 Å². The zero-order valence-electron chi connectivity index (χ0n) is 9.47. The van der Waals surface area contributed by atoms with Crippen molar-refractivity contribution < 1.29 is 4.74 Å². The summed E-state index contributed by atoms with van der Waals surface area (Å²) < 4.78 is 4.95. The summed E-state index contributed by atoms with van der Waals surface area (Å²) >= 11 is 7.09. The lowest BCUT2D eigenvalue weighted by Crippen LogP contribution is -2.03. The number of halogens is 1. The minimum absolute atomic E-state index is 0.259. The predicted octanol–water partition coefficient (Wildman–Crippen LogP) is 1.54. The van der Waals surface area contributed by atoms with Crippen LogP contribution in [0.1, 0.15) is 6.42 Å². The Hall–Kier alpha value is -1.26. The lowest BCUT2D eigenvalue weighted by molar-refractivity contribution is 0.374. The molecule has 0 radical (unpaired) electrons. The van der Waals surface area contributed by atoms with Crippen molar-refractivity contribution in [3.05, 3.63) is 0 Å². The van der Waals surface area contributed by atoms with E-state index in [1.807, 2.05) is 6.07 Å². The van der Waals surface area contributed by atoms with Gasteiger partial charge in [0.25, 0.3) is 0 Å². The van der Waals surface area contributed by atoms with Gasteiger partial charge >= 0.3 is 6.01 Å². The number of ether oxygens (including phenoxy) is 1. The maximum absolute atomic E-state index is 8.53. The number of methoxy groups -OCH3 is 1. The molecule has 0 aliphatic carbocycles. The Balaban J connectivity index is 2.61. The Labute approximate surface area is 109 Å². The summed E-state index contributed by atoms with van der Waals surface area (Å²) in [7, 11) is 3.21. The number of thioether (sulfide) groups is 1. The highest BCUT2D eigenvalue weighted by atomic mass is 35.5. The molecule has 1 rings (SSSR count). The molecule has 0 aromatic carbocycles. The topological polar surface area (TPSA) is 83.7 Å². The average molecular weight is 274 g/mol. The number of nitriles is 1. The molecule has 1 N–H and O–H groups in total. The van der Waals surface area contributed by atoms with Gasteiger partial charge in [-0.25, -0.2) is 0 Å². The molecule has 8 heteroatoms. The van der Waals surface area contributed by atoms with Crippen molar-refractivity contribution in [1.29, 1.82) is 5.26 Å². The van der Waals surface area contributed by atoms with Gasteiger partial charge < -0.3 is 10.1 Å². The zero-order chi connectivity index (χ0) is 12.7. The van der Waals surface area contributed by atoms with Crippen molar-refractivity contribution in [3.8, 4) is 12.1 Å². The molecular weight excluding hydrogens is 262 g/mol. The van der Waals surface area contributed by atoms with Crippen LogP contribution in [0.15, 0.2) is 5.16 Å². The van der Waals surface area contributed by atoms with Crippen molar-refractivity contribution in [3.63, 3.8) is 0 Å². The van der Waals surface area contributed by atoms with Gasteiger partial charge in [0.05, 0.1) is 13.2 Å². The highest BCUT2D eigenvalue weighted by molar-refractivity contribution is 7.99. The lowest BCUT2D eigenvalue weighted by atomic mass is 10.4. The highest BCUT2D eigenvalue weighted by Gasteiger charge is 2.08. The van der Waals surface area contributed by atoms with E-state index in [0.29, 0.717) is 23.3 Å². The van der Waals surface area contributed by atoms with Crippen molar-refractivity contribution >= 4 is 29.3 Å². The monoisotopic (exact) mass is 273 g/mol. The summed E-state index contributed by atoms with van der Waals surface area (Å²) in [6.45, 7) is 0. The number of rotatable bonds is 6. The van der Waals surface area contributed by atoms with E-state index < -0.39 is 5.38 Å². The second-order valence-corrected chi connectivity index (χ2v) is 4.50. The van der Waals surface area contributed by atoms with E-state index >= 15 is 0 Å². The average Bonchev–Trinajstić information content (AvgIpc) is 2.37. The van der Waals surface area contributed by atoms with Gasteiger partial charge in [-0.2, -0.15) is 20.2 Å². The molecule has 17 heavy (non-hydrogen) atoms. The molecule has 1 aromatic rings. The van der Waals surface area contributed by atoms with Crippen molar-refractivity contribution in [1.82, 2.24) is 15.0 Å². The summed E-state index contributed by atoms with van der Waals surface area (Å²) in [6, 6.07) is 2.22. The standard InChI is InChI=1S/C9H12ClN5OS/c1-12-7-13-8(16-2)15-9(14-7)17-4-3-6(10)5-11/h6H,3-4H2,1-2H3,(H,12,13,14,15). The highest BCUT2D eigenvalue weighted by Crippen LogP contribution is 2.19. The van der Waals surface area contributed by atoms with E-state index in [9.17, 15) is 0 Å². The maximum Gasteiger partial charge on any atom is 0.321 e. The number of anilines is 1. The number of aromatic nitrogens is 3. The molecule has 1 heterocycles. The first-order chi connectivity index (χ1) is 8.19. The summed E-state index contributed by atoms with van der Waals surface area (Å²) in [6.07, 6.45) is 0.575.